The summed E-state index contributed by atoms with van der Waals surface area (Å²) in [6.45, 7) is 0. The molecule has 0 unspecified atom stereocenters. The summed E-state index contributed by atoms with van der Waals surface area (Å²) in [5, 5.41) is 11.7. The quantitative estimate of drug-likeness (QED) is 0.504. The van der Waals surface area contributed by atoms with Crippen LogP contribution < -0.4 is 4.74 Å². The van der Waals surface area contributed by atoms with Gasteiger partial charge in [0.05, 0.1) is 20.7 Å². The molecule has 0 atom stereocenters. The molecule has 0 fully saturated rings. The maximum atomic E-state index is 11.7. The van der Waals surface area contributed by atoms with Gasteiger partial charge in [0.1, 0.15) is 6.33 Å². The SMILES string of the molecule is CS(=O)(=O)c1ccc2ncnc(Oc3cc(Cl)ccc3[N+](=O)[O-])c2c1. The minimum atomic E-state index is -3.45. The standard InChI is InChI=1S/C15H10ClN3O5S/c1-25(22,23)10-3-4-12-11(7-10)15(18-8-17-12)24-14-6-9(16)2-5-13(14)19(20)21/h2-8H,1H3. The lowest BCUT2D eigenvalue weighted by molar-refractivity contribution is -0.385. The smallest absolute Gasteiger partial charge is 0.311 e. The number of sulfone groups is 1. The Kier molecular flexibility index (Phi) is 4.27. The molecular formula is C15H10ClN3O5S. The van der Waals surface area contributed by atoms with Crippen molar-refractivity contribution < 1.29 is 18.1 Å². The number of halogens is 1. The van der Waals surface area contributed by atoms with E-state index in [0.29, 0.717) is 10.9 Å². The van der Waals surface area contributed by atoms with Crippen LogP contribution in [0.2, 0.25) is 5.02 Å². The molecule has 25 heavy (non-hydrogen) atoms. The summed E-state index contributed by atoms with van der Waals surface area (Å²) < 4.78 is 29.1. The number of nitro benzene ring substituents is 1. The number of nitrogens with zero attached hydrogens (tertiary/aromatic N) is 3. The number of hydrogen-bond donors (Lipinski definition) is 0. The van der Waals surface area contributed by atoms with Crippen molar-refractivity contribution >= 4 is 38.0 Å². The Morgan fingerprint density at radius 3 is 2.60 bits per heavy atom. The van der Waals surface area contributed by atoms with Crippen LogP contribution in [0.5, 0.6) is 11.6 Å². The van der Waals surface area contributed by atoms with Crippen LogP contribution in [0.25, 0.3) is 10.9 Å². The van der Waals surface area contributed by atoms with Gasteiger partial charge in [-0.1, -0.05) is 11.6 Å². The molecule has 128 valence electrons. The van der Waals surface area contributed by atoms with Crippen molar-refractivity contribution in [2.45, 2.75) is 4.90 Å². The molecule has 2 aromatic carbocycles. The molecule has 1 heterocycles. The zero-order valence-electron chi connectivity index (χ0n) is 12.7. The van der Waals surface area contributed by atoms with E-state index >= 15 is 0 Å². The van der Waals surface area contributed by atoms with Crippen molar-refractivity contribution in [3.8, 4) is 11.6 Å². The summed E-state index contributed by atoms with van der Waals surface area (Å²) in [4.78, 5) is 18.6. The van der Waals surface area contributed by atoms with Crippen LogP contribution in [-0.2, 0) is 9.84 Å². The second-order valence-electron chi connectivity index (χ2n) is 5.10. The van der Waals surface area contributed by atoms with Gasteiger partial charge in [0, 0.05) is 23.4 Å². The average Bonchev–Trinajstić information content (AvgIpc) is 2.53. The maximum absolute atomic E-state index is 11.7. The molecule has 0 saturated carbocycles. The lowest BCUT2D eigenvalue weighted by Gasteiger charge is -2.09. The second kappa shape index (κ2) is 6.26. The number of rotatable bonds is 4. The number of fused-ring (bicyclic) bond motifs is 1. The third-order valence-electron chi connectivity index (χ3n) is 3.32. The van der Waals surface area contributed by atoms with E-state index in [0.717, 1.165) is 6.26 Å². The Bertz CT molecular complexity index is 1100. The fourth-order valence-corrected chi connectivity index (χ4v) is 2.96. The van der Waals surface area contributed by atoms with Crippen LogP contribution in [0, 0.1) is 10.1 Å². The fourth-order valence-electron chi connectivity index (χ4n) is 2.15. The van der Waals surface area contributed by atoms with Gasteiger partial charge < -0.3 is 4.74 Å². The summed E-state index contributed by atoms with van der Waals surface area (Å²) in [7, 11) is -3.45. The van der Waals surface area contributed by atoms with E-state index in [1.165, 1.54) is 42.7 Å². The first-order chi connectivity index (χ1) is 11.8. The minimum absolute atomic E-state index is 0.0131. The van der Waals surface area contributed by atoms with Gasteiger partial charge in [-0.3, -0.25) is 10.1 Å². The molecule has 0 radical (unpaired) electrons. The molecule has 10 heteroatoms. The van der Waals surface area contributed by atoms with E-state index in [4.69, 9.17) is 16.3 Å². The highest BCUT2D eigenvalue weighted by Crippen LogP contribution is 2.35. The van der Waals surface area contributed by atoms with Gasteiger partial charge in [-0.2, -0.15) is 0 Å². The van der Waals surface area contributed by atoms with E-state index in [2.05, 4.69) is 9.97 Å². The van der Waals surface area contributed by atoms with Gasteiger partial charge in [-0.05, 0) is 24.3 Å². The first kappa shape index (κ1) is 17.1. The predicted octanol–water partition coefficient (Wildman–Crippen LogP) is 3.39. The van der Waals surface area contributed by atoms with Crippen LogP contribution in [0.15, 0.2) is 47.6 Å². The van der Waals surface area contributed by atoms with Gasteiger partial charge in [-0.15, -0.1) is 0 Å². The topological polar surface area (TPSA) is 112 Å². The summed E-state index contributed by atoms with van der Waals surface area (Å²) in [6, 6.07) is 8.14. The lowest BCUT2D eigenvalue weighted by atomic mass is 10.2. The normalized spacial score (nSPS) is 11.4. The molecule has 0 aliphatic heterocycles. The highest BCUT2D eigenvalue weighted by molar-refractivity contribution is 7.90. The largest absolute Gasteiger partial charge is 0.431 e. The maximum Gasteiger partial charge on any atom is 0.311 e. The zero-order valence-corrected chi connectivity index (χ0v) is 14.3. The van der Waals surface area contributed by atoms with Crippen molar-refractivity contribution in [1.29, 1.82) is 0 Å². The Labute approximate surface area is 147 Å². The van der Waals surface area contributed by atoms with Crippen molar-refractivity contribution in [2.24, 2.45) is 0 Å². The molecule has 0 aliphatic carbocycles. The van der Waals surface area contributed by atoms with Crippen LogP contribution >= 0.6 is 11.6 Å². The van der Waals surface area contributed by atoms with Crippen LogP contribution in [0.4, 0.5) is 5.69 Å². The molecule has 8 nitrogen and oxygen atoms in total. The van der Waals surface area contributed by atoms with Crippen molar-refractivity contribution in [3.63, 3.8) is 0 Å². The monoisotopic (exact) mass is 379 g/mol. The fraction of sp³-hybridized carbons (Fsp3) is 0.0667. The second-order valence-corrected chi connectivity index (χ2v) is 7.55. The van der Waals surface area contributed by atoms with Gasteiger partial charge in [0.2, 0.25) is 11.6 Å². The zero-order chi connectivity index (χ0) is 18.2. The molecule has 1 aromatic heterocycles. The highest BCUT2D eigenvalue weighted by Gasteiger charge is 2.19. The number of hydrogen-bond acceptors (Lipinski definition) is 7. The Morgan fingerprint density at radius 1 is 1.16 bits per heavy atom. The summed E-state index contributed by atoms with van der Waals surface area (Å²) in [6.07, 6.45) is 2.29. The van der Waals surface area contributed by atoms with E-state index in [-0.39, 0.29) is 27.2 Å². The predicted molar refractivity (Wildman–Crippen MR) is 90.8 cm³/mol. The Morgan fingerprint density at radius 2 is 1.92 bits per heavy atom. The molecule has 0 saturated heterocycles. The van der Waals surface area contributed by atoms with E-state index in [1.54, 1.807) is 0 Å². The van der Waals surface area contributed by atoms with E-state index < -0.39 is 14.8 Å². The summed E-state index contributed by atoms with van der Waals surface area (Å²) in [5.41, 5.74) is 0.137. The molecule has 0 bridgehead atoms. The van der Waals surface area contributed by atoms with Crippen LogP contribution in [0.3, 0.4) is 0 Å². The van der Waals surface area contributed by atoms with Gasteiger partial charge in [-0.25, -0.2) is 18.4 Å². The number of aromatic nitrogens is 2. The van der Waals surface area contributed by atoms with Gasteiger partial charge in [0.15, 0.2) is 9.84 Å². The summed E-state index contributed by atoms with van der Waals surface area (Å²) >= 11 is 5.88. The molecular weight excluding hydrogens is 370 g/mol. The molecule has 0 N–H and O–H groups in total. The minimum Gasteiger partial charge on any atom is -0.431 e. The number of nitro groups is 1. The van der Waals surface area contributed by atoms with Crippen LogP contribution in [-0.4, -0.2) is 29.6 Å². The van der Waals surface area contributed by atoms with Crippen molar-refractivity contribution in [1.82, 2.24) is 9.97 Å². The Balaban J connectivity index is 2.17. The third-order valence-corrected chi connectivity index (χ3v) is 4.67. The third kappa shape index (κ3) is 3.52. The molecule has 0 aliphatic rings. The first-order valence-corrected chi connectivity index (χ1v) is 9.09. The molecule has 3 aromatic rings. The first-order valence-electron chi connectivity index (χ1n) is 6.82. The van der Waals surface area contributed by atoms with Gasteiger partial charge >= 0.3 is 5.69 Å². The van der Waals surface area contributed by atoms with Crippen molar-refractivity contribution in [3.05, 3.63) is 57.9 Å². The van der Waals surface area contributed by atoms with Gasteiger partial charge in [0.25, 0.3) is 0 Å². The van der Waals surface area contributed by atoms with Crippen molar-refractivity contribution in [2.75, 3.05) is 6.26 Å². The average molecular weight is 380 g/mol. The number of ether oxygens (including phenoxy) is 1. The lowest BCUT2D eigenvalue weighted by Crippen LogP contribution is -1.99. The molecule has 3 rings (SSSR count). The molecule has 0 amide bonds. The van der Waals surface area contributed by atoms with E-state index in [1.807, 2.05) is 0 Å². The molecule has 0 spiro atoms. The number of benzene rings is 2. The highest BCUT2D eigenvalue weighted by atomic mass is 35.5. The Hall–Kier alpha value is -2.78. The summed E-state index contributed by atoms with van der Waals surface area (Å²) in [5.74, 6) is -0.122. The van der Waals surface area contributed by atoms with E-state index in [9.17, 15) is 18.5 Å². The van der Waals surface area contributed by atoms with Crippen LogP contribution in [0.1, 0.15) is 0 Å².